The Balaban J connectivity index is 1.50. The molecule has 5 rings (SSSR count). The average Bonchev–Trinajstić information content (AvgIpc) is 2.86. The zero-order valence-electron chi connectivity index (χ0n) is 19.0. The van der Waals surface area contributed by atoms with Crippen molar-refractivity contribution in [1.29, 1.82) is 0 Å². The van der Waals surface area contributed by atoms with Gasteiger partial charge in [-0.1, -0.05) is 78.4 Å². The van der Waals surface area contributed by atoms with Gasteiger partial charge in [0.15, 0.2) is 0 Å². The third kappa shape index (κ3) is 4.31. The lowest BCUT2D eigenvalue weighted by molar-refractivity contribution is -0.120. The molecule has 1 N–H and O–H groups in total. The van der Waals surface area contributed by atoms with E-state index in [2.05, 4.69) is 5.32 Å². The number of benzene rings is 4. The molecule has 0 spiro atoms. The van der Waals surface area contributed by atoms with Crippen molar-refractivity contribution in [1.82, 2.24) is 5.32 Å². The van der Waals surface area contributed by atoms with E-state index in [-0.39, 0.29) is 10.6 Å². The summed E-state index contributed by atoms with van der Waals surface area (Å²) in [6.07, 6.45) is 0. The Labute approximate surface area is 203 Å². The molecule has 0 aliphatic carbocycles. The van der Waals surface area contributed by atoms with Crippen molar-refractivity contribution >= 4 is 21.6 Å². The number of nitrogens with one attached hydrogen (secondary N) is 1. The number of anilines is 1. The minimum absolute atomic E-state index is 0.0454. The summed E-state index contributed by atoms with van der Waals surface area (Å²) in [6, 6.07) is 27.2. The van der Waals surface area contributed by atoms with Gasteiger partial charge in [-0.15, -0.1) is 0 Å². The molecule has 0 saturated heterocycles. The Hall–Kier alpha value is -3.97. The molecule has 0 saturated carbocycles. The Kier molecular flexibility index (Phi) is 5.86. The minimum Gasteiger partial charge on any atom is -0.344 e. The van der Waals surface area contributed by atoms with Crippen LogP contribution in [-0.2, 0) is 14.8 Å². The first kappa shape index (κ1) is 22.8. The van der Waals surface area contributed by atoms with Crippen molar-refractivity contribution < 1.29 is 17.6 Å². The molecule has 5 nitrogen and oxygen atoms in total. The number of hydrogen-bond acceptors (Lipinski definition) is 3. The maximum atomic E-state index is 14.1. The molecule has 1 aliphatic rings. The Morgan fingerprint density at radius 3 is 2.26 bits per heavy atom. The first-order valence-corrected chi connectivity index (χ1v) is 12.6. The molecular weight excluding hydrogens is 463 g/mol. The Morgan fingerprint density at radius 2 is 1.51 bits per heavy atom. The number of sulfonamides is 1. The van der Waals surface area contributed by atoms with Crippen LogP contribution in [0.2, 0.25) is 0 Å². The second-order valence-electron chi connectivity index (χ2n) is 8.49. The molecule has 176 valence electrons. The smallest absolute Gasteiger partial charge is 0.265 e. The van der Waals surface area contributed by atoms with Crippen molar-refractivity contribution in [3.8, 4) is 11.1 Å². The van der Waals surface area contributed by atoms with Crippen molar-refractivity contribution in [2.24, 2.45) is 0 Å². The van der Waals surface area contributed by atoms with E-state index in [0.717, 1.165) is 21.0 Å². The summed E-state index contributed by atoms with van der Waals surface area (Å²) in [7, 11) is -4.02. The highest BCUT2D eigenvalue weighted by molar-refractivity contribution is 7.93. The van der Waals surface area contributed by atoms with E-state index in [1.54, 1.807) is 18.2 Å². The van der Waals surface area contributed by atoms with Gasteiger partial charge in [-0.3, -0.25) is 9.10 Å². The van der Waals surface area contributed by atoms with E-state index in [4.69, 9.17) is 0 Å². The van der Waals surface area contributed by atoms with Gasteiger partial charge in [0.05, 0.1) is 16.6 Å². The molecule has 1 heterocycles. The standard InChI is InChI=1S/C28H23FN2O3S/c1-19-11-13-21(14-12-19)28(20-7-3-2-4-8-20)30-27(32)18-31-25-16-15-22(29)17-24(25)23-9-5-6-10-26(23)35(31,33)34/h2-17,28H,18H2,1H3,(H,30,32)/t28-/m0/s1. The van der Waals surface area contributed by atoms with Gasteiger partial charge in [-0.05, 0) is 42.3 Å². The van der Waals surface area contributed by atoms with Gasteiger partial charge in [-0.25, -0.2) is 12.8 Å². The largest absolute Gasteiger partial charge is 0.344 e. The number of rotatable bonds is 5. The third-order valence-electron chi connectivity index (χ3n) is 6.11. The summed E-state index contributed by atoms with van der Waals surface area (Å²) in [5.41, 5.74) is 3.96. The van der Waals surface area contributed by atoms with Crippen molar-refractivity contribution in [3.05, 3.63) is 120 Å². The molecule has 4 aromatic rings. The highest BCUT2D eigenvalue weighted by Crippen LogP contribution is 2.43. The van der Waals surface area contributed by atoms with Crippen LogP contribution in [0.25, 0.3) is 11.1 Å². The van der Waals surface area contributed by atoms with Gasteiger partial charge < -0.3 is 5.32 Å². The highest BCUT2D eigenvalue weighted by atomic mass is 32.2. The summed E-state index contributed by atoms with van der Waals surface area (Å²) < 4.78 is 42.2. The van der Waals surface area contributed by atoms with Crippen LogP contribution in [0, 0.1) is 12.7 Å². The maximum Gasteiger partial charge on any atom is 0.265 e. The topological polar surface area (TPSA) is 66.5 Å². The van der Waals surface area contributed by atoms with Gasteiger partial charge in [0.1, 0.15) is 12.4 Å². The fraction of sp³-hybridized carbons (Fsp3) is 0.107. The maximum absolute atomic E-state index is 14.1. The van der Waals surface area contributed by atoms with E-state index in [9.17, 15) is 17.6 Å². The molecule has 35 heavy (non-hydrogen) atoms. The fourth-order valence-electron chi connectivity index (χ4n) is 4.37. The summed E-state index contributed by atoms with van der Waals surface area (Å²) in [5, 5.41) is 3.00. The first-order valence-electron chi connectivity index (χ1n) is 11.2. The van der Waals surface area contributed by atoms with Crippen LogP contribution < -0.4 is 9.62 Å². The van der Waals surface area contributed by atoms with E-state index < -0.39 is 34.3 Å². The number of nitrogens with zero attached hydrogens (tertiary/aromatic N) is 1. The van der Waals surface area contributed by atoms with Crippen molar-refractivity contribution in [2.45, 2.75) is 17.9 Å². The number of hydrogen-bond donors (Lipinski definition) is 1. The lowest BCUT2D eigenvalue weighted by Gasteiger charge is -2.32. The van der Waals surface area contributed by atoms with Crippen LogP contribution in [0.5, 0.6) is 0 Å². The van der Waals surface area contributed by atoms with Gasteiger partial charge in [0.2, 0.25) is 5.91 Å². The Bertz CT molecular complexity index is 1500. The van der Waals surface area contributed by atoms with E-state index >= 15 is 0 Å². The summed E-state index contributed by atoms with van der Waals surface area (Å²) in [5.74, 6) is -0.955. The van der Waals surface area contributed by atoms with Gasteiger partial charge >= 0.3 is 0 Å². The van der Waals surface area contributed by atoms with Gasteiger partial charge in [0, 0.05) is 11.1 Å². The lowest BCUT2D eigenvalue weighted by atomic mass is 9.98. The van der Waals surface area contributed by atoms with Crippen molar-refractivity contribution in [2.75, 3.05) is 10.8 Å². The van der Waals surface area contributed by atoms with Crippen LogP contribution in [0.4, 0.5) is 10.1 Å². The van der Waals surface area contributed by atoms with Crippen LogP contribution in [0.3, 0.4) is 0 Å². The number of carbonyl (C=O) groups excluding carboxylic acids is 1. The Morgan fingerprint density at radius 1 is 0.857 bits per heavy atom. The zero-order chi connectivity index (χ0) is 24.6. The predicted molar refractivity (Wildman–Crippen MR) is 134 cm³/mol. The van der Waals surface area contributed by atoms with E-state index in [1.807, 2.05) is 61.5 Å². The quantitative estimate of drug-likeness (QED) is 0.421. The van der Waals surface area contributed by atoms with Crippen LogP contribution in [0.15, 0.2) is 102 Å². The molecule has 0 bridgehead atoms. The van der Waals surface area contributed by atoms with E-state index in [1.165, 1.54) is 24.3 Å². The molecule has 7 heteroatoms. The summed E-state index contributed by atoms with van der Waals surface area (Å²) >= 11 is 0. The predicted octanol–water partition coefficient (Wildman–Crippen LogP) is 5.22. The molecule has 0 fully saturated rings. The second kappa shape index (κ2) is 9.00. The second-order valence-corrected chi connectivity index (χ2v) is 10.3. The molecule has 1 atom stereocenters. The van der Waals surface area contributed by atoms with E-state index in [0.29, 0.717) is 11.1 Å². The number of aryl methyl sites for hydroxylation is 1. The zero-order valence-corrected chi connectivity index (χ0v) is 19.8. The normalized spacial score (nSPS) is 14.5. The minimum atomic E-state index is -4.02. The average molecular weight is 487 g/mol. The molecule has 0 unspecified atom stereocenters. The van der Waals surface area contributed by atoms with Gasteiger partial charge in [-0.2, -0.15) is 0 Å². The van der Waals surface area contributed by atoms with Gasteiger partial charge in [0.25, 0.3) is 10.0 Å². The lowest BCUT2D eigenvalue weighted by Crippen LogP contribution is -2.43. The van der Waals surface area contributed by atoms with Crippen LogP contribution >= 0.6 is 0 Å². The molecular formula is C28H23FN2O3S. The monoisotopic (exact) mass is 486 g/mol. The molecule has 4 aromatic carbocycles. The van der Waals surface area contributed by atoms with Crippen LogP contribution in [0.1, 0.15) is 22.7 Å². The van der Waals surface area contributed by atoms with Crippen LogP contribution in [-0.4, -0.2) is 20.9 Å². The number of fused-ring (bicyclic) bond motifs is 3. The number of carbonyl (C=O) groups is 1. The molecule has 0 radical (unpaired) electrons. The third-order valence-corrected chi connectivity index (χ3v) is 7.93. The molecule has 1 aliphatic heterocycles. The molecule has 0 aromatic heterocycles. The SMILES string of the molecule is Cc1ccc([C@@H](NC(=O)CN2c3ccc(F)cc3-c3ccccc3S2(=O)=O)c2ccccc2)cc1. The first-order chi connectivity index (χ1) is 16.8. The molecule has 1 amide bonds. The highest BCUT2D eigenvalue weighted by Gasteiger charge is 2.36. The number of amides is 1. The number of halogens is 1. The summed E-state index contributed by atoms with van der Waals surface area (Å²) in [6.45, 7) is 1.55. The van der Waals surface area contributed by atoms with Crippen molar-refractivity contribution in [3.63, 3.8) is 0 Å². The summed E-state index contributed by atoms with van der Waals surface area (Å²) in [4.78, 5) is 13.4. The fourth-order valence-corrected chi connectivity index (χ4v) is 6.02.